The van der Waals surface area contributed by atoms with Gasteiger partial charge in [-0.15, -0.1) is 0 Å². The van der Waals surface area contributed by atoms with Crippen LogP contribution in [-0.4, -0.2) is 69.2 Å². The molecule has 1 N–H and O–H groups in total. The Balaban J connectivity index is 4.12. The van der Waals surface area contributed by atoms with Gasteiger partial charge in [0.15, 0.2) is 0 Å². The lowest BCUT2D eigenvalue weighted by atomic mass is 10.4. The monoisotopic (exact) mass is 313 g/mol. The van der Waals surface area contributed by atoms with Gasteiger partial charge in [-0.3, -0.25) is 9.36 Å². The molecule has 0 rings (SSSR count). The first-order valence-corrected chi connectivity index (χ1v) is 7.76. The minimum Gasteiger partial charge on any atom is -0.756 e. The second kappa shape index (κ2) is 8.71. The summed E-state index contributed by atoms with van der Waals surface area (Å²) in [7, 11) is 1.22. The van der Waals surface area contributed by atoms with E-state index in [1.807, 2.05) is 21.1 Å². The zero-order valence-corrected chi connectivity index (χ0v) is 13.3. The second-order valence-corrected chi connectivity index (χ2v) is 6.65. The Labute approximate surface area is 119 Å². The molecule has 8 nitrogen and oxygen atoms in total. The van der Waals surface area contributed by atoms with Crippen LogP contribution in [0.5, 0.6) is 0 Å². The quantitative estimate of drug-likeness (QED) is 0.329. The molecular formula is C11H24NO7P. The fourth-order valence-electron chi connectivity index (χ4n) is 1.03. The fourth-order valence-corrected chi connectivity index (χ4v) is 1.76. The lowest BCUT2D eigenvalue weighted by Gasteiger charge is -2.28. The number of aliphatic hydroxyl groups is 1. The number of hydrogen-bond acceptors (Lipinski definition) is 7. The molecule has 0 aromatic carbocycles. The van der Waals surface area contributed by atoms with E-state index in [1.165, 1.54) is 0 Å². The van der Waals surface area contributed by atoms with Crippen molar-refractivity contribution in [3.05, 3.63) is 0 Å². The Bertz CT molecular complexity index is 342. The average molecular weight is 313 g/mol. The van der Waals surface area contributed by atoms with Gasteiger partial charge in [0.25, 0.3) is 7.82 Å². The highest BCUT2D eigenvalue weighted by molar-refractivity contribution is 7.45. The number of nitrogens with zero attached hydrogens (tertiary/aromatic N) is 1. The van der Waals surface area contributed by atoms with Crippen molar-refractivity contribution in [1.29, 1.82) is 0 Å². The van der Waals surface area contributed by atoms with Gasteiger partial charge >= 0.3 is 5.97 Å². The highest BCUT2D eigenvalue weighted by atomic mass is 31.2. The van der Waals surface area contributed by atoms with Crippen molar-refractivity contribution in [1.82, 2.24) is 0 Å². The summed E-state index contributed by atoms with van der Waals surface area (Å²) in [4.78, 5) is 22.5. The van der Waals surface area contributed by atoms with Crippen molar-refractivity contribution in [2.75, 3.05) is 47.5 Å². The number of phosphoric acid groups is 1. The summed E-state index contributed by atoms with van der Waals surface area (Å²) in [6.45, 7) is 1.08. The first kappa shape index (κ1) is 19.5. The van der Waals surface area contributed by atoms with Gasteiger partial charge in [-0.2, -0.15) is 0 Å². The van der Waals surface area contributed by atoms with Gasteiger partial charge in [0.05, 0.1) is 34.4 Å². The van der Waals surface area contributed by atoms with Crippen LogP contribution in [0.25, 0.3) is 0 Å². The van der Waals surface area contributed by atoms with E-state index in [2.05, 4.69) is 9.05 Å². The maximum atomic E-state index is 11.4. The van der Waals surface area contributed by atoms with Gasteiger partial charge in [-0.25, -0.2) is 0 Å². The topological polar surface area (TPSA) is 105 Å². The van der Waals surface area contributed by atoms with Crippen molar-refractivity contribution >= 4 is 13.8 Å². The van der Waals surface area contributed by atoms with Crippen molar-refractivity contribution in [2.45, 2.75) is 19.4 Å². The minimum absolute atomic E-state index is 0.0111. The molecule has 2 atom stereocenters. The van der Waals surface area contributed by atoms with Gasteiger partial charge in [-0.05, 0) is 0 Å². The van der Waals surface area contributed by atoms with E-state index < -0.39 is 33.1 Å². The van der Waals surface area contributed by atoms with Crippen molar-refractivity contribution < 1.29 is 37.6 Å². The molecule has 0 aromatic heterocycles. The molecule has 20 heavy (non-hydrogen) atoms. The van der Waals surface area contributed by atoms with Crippen LogP contribution in [0.1, 0.15) is 13.3 Å². The third-order valence-electron chi connectivity index (χ3n) is 2.22. The van der Waals surface area contributed by atoms with Crippen LogP contribution in [0.4, 0.5) is 0 Å². The number of aliphatic hydroxyl groups excluding tert-OH is 1. The van der Waals surface area contributed by atoms with Crippen LogP contribution in [0.15, 0.2) is 0 Å². The number of esters is 1. The first-order chi connectivity index (χ1) is 9.09. The molecule has 0 fully saturated rings. The third kappa shape index (κ3) is 10.3. The molecule has 0 aromatic rings. The molecule has 0 saturated heterocycles. The summed E-state index contributed by atoms with van der Waals surface area (Å²) < 4.78 is 26.0. The van der Waals surface area contributed by atoms with Crippen molar-refractivity contribution in [3.8, 4) is 0 Å². The first-order valence-electron chi connectivity index (χ1n) is 6.30. The van der Waals surface area contributed by atoms with Crippen LogP contribution in [-0.2, 0) is 23.1 Å². The third-order valence-corrected chi connectivity index (χ3v) is 3.18. The fraction of sp³-hybridized carbons (Fsp3) is 0.909. The Morgan fingerprint density at radius 2 is 1.95 bits per heavy atom. The number of carbonyl (C=O) groups is 1. The van der Waals surface area contributed by atoms with E-state index in [0.717, 1.165) is 0 Å². The molecule has 0 spiro atoms. The van der Waals surface area contributed by atoms with Crippen LogP contribution in [0.3, 0.4) is 0 Å². The molecule has 1 unspecified atom stereocenters. The maximum Gasteiger partial charge on any atom is 0.305 e. The molecular weight excluding hydrogens is 289 g/mol. The highest BCUT2D eigenvalue weighted by Gasteiger charge is 2.18. The van der Waals surface area contributed by atoms with Gasteiger partial charge < -0.3 is 28.3 Å². The molecule has 0 amide bonds. The predicted octanol–water partition coefficient (Wildman–Crippen LogP) is -0.492. The Hall–Kier alpha value is -0.500. The second-order valence-electron chi connectivity index (χ2n) is 5.24. The highest BCUT2D eigenvalue weighted by Crippen LogP contribution is 2.38. The van der Waals surface area contributed by atoms with Crippen LogP contribution >= 0.6 is 7.82 Å². The van der Waals surface area contributed by atoms with E-state index in [9.17, 15) is 14.3 Å². The van der Waals surface area contributed by atoms with Gasteiger partial charge in [0, 0.05) is 6.42 Å². The van der Waals surface area contributed by atoms with Gasteiger partial charge in [0.1, 0.15) is 19.3 Å². The Kier molecular flexibility index (Phi) is 8.50. The summed E-state index contributed by atoms with van der Waals surface area (Å²) in [5.41, 5.74) is 0. The standard InChI is InChI=1S/C11H24NO7P/c1-5-11(14)19-10(8-13)9-18-20(15,16)17-7-6-12(2,3)4/h10,13H,5-9H2,1-4H3/t10-/m0/s1. The number of likely N-dealkylation sites (N-methyl/N-ethyl adjacent to an activating group) is 1. The molecule has 9 heteroatoms. The summed E-state index contributed by atoms with van der Waals surface area (Å²) in [5.74, 6) is -0.542. The van der Waals surface area contributed by atoms with Gasteiger partial charge in [0.2, 0.25) is 0 Å². The normalized spacial score (nSPS) is 16.5. The summed E-state index contributed by atoms with van der Waals surface area (Å²) in [5, 5.41) is 8.96. The van der Waals surface area contributed by atoms with E-state index in [1.54, 1.807) is 6.92 Å². The Morgan fingerprint density at radius 3 is 2.40 bits per heavy atom. The molecule has 0 heterocycles. The number of carbonyl (C=O) groups excluding carboxylic acids is 1. The lowest BCUT2D eigenvalue weighted by molar-refractivity contribution is -0.870. The number of ether oxygens (including phenoxy) is 1. The van der Waals surface area contributed by atoms with Gasteiger partial charge in [-0.1, -0.05) is 6.92 Å². The SMILES string of the molecule is CCC(=O)O[C@@H](CO)COP(=O)([O-])OCC[N+](C)(C)C. The largest absolute Gasteiger partial charge is 0.756 e. The number of phosphoric ester groups is 1. The van der Waals surface area contributed by atoms with Crippen LogP contribution in [0, 0.1) is 0 Å². The summed E-state index contributed by atoms with van der Waals surface area (Å²) in [6.07, 6.45) is -0.891. The number of quaternary nitrogens is 1. The minimum atomic E-state index is -4.46. The zero-order chi connectivity index (χ0) is 15.8. The molecule has 0 saturated carbocycles. The van der Waals surface area contributed by atoms with Crippen molar-refractivity contribution in [3.63, 3.8) is 0 Å². The lowest BCUT2D eigenvalue weighted by Crippen LogP contribution is -2.37. The van der Waals surface area contributed by atoms with Crippen LogP contribution in [0.2, 0.25) is 0 Å². The number of rotatable bonds is 10. The maximum absolute atomic E-state index is 11.4. The summed E-state index contributed by atoms with van der Waals surface area (Å²) in [6, 6.07) is 0. The van der Waals surface area contributed by atoms with Crippen molar-refractivity contribution in [2.24, 2.45) is 0 Å². The molecule has 120 valence electrons. The van der Waals surface area contributed by atoms with E-state index in [4.69, 9.17) is 9.84 Å². The van der Waals surface area contributed by atoms with E-state index in [-0.39, 0.29) is 13.0 Å². The van der Waals surface area contributed by atoms with Crippen LogP contribution < -0.4 is 4.89 Å². The summed E-state index contributed by atoms with van der Waals surface area (Å²) >= 11 is 0. The van der Waals surface area contributed by atoms with E-state index >= 15 is 0 Å². The molecule has 0 aliphatic rings. The molecule has 0 aliphatic heterocycles. The molecule has 0 bridgehead atoms. The van der Waals surface area contributed by atoms with E-state index in [0.29, 0.717) is 11.0 Å². The average Bonchev–Trinajstić information content (AvgIpc) is 2.32. The smallest absolute Gasteiger partial charge is 0.305 e. The molecule has 0 radical (unpaired) electrons. The Morgan fingerprint density at radius 1 is 1.35 bits per heavy atom. The predicted molar refractivity (Wildman–Crippen MR) is 69.7 cm³/mol. The number of hydrogen-bond donors (Lipinski definition) is 1. The molecule has 0 aliphatic carbocycles. The zero-order valence-electron chi connectivity index (χ0n) is 12.4.